The van der Waals surface area contributed by atoms with E-state index in [1.807, 2.05) is 38.1 Å². The molecule has 88 valence electrons. The van der Waals surface area contributed by atoms with Crippen LogP contribution in [0.25, 0.3) is 0 Å². The molecule has 1 aromatic rings. The van der Waals surface area contributed by atoms with Gasteiger partial charge in [-0.1, -0.05) is 12.1 Å². The van der Waals surface area contributed by atoms with Crippen molar-refractivity contribution in [3.8, 4) is 0 Å². The highest BCUT2D eigenvalue weighted by molar-refractivity contribution is 6.00. The lowest BCUT2D eigenvalue weighted by Gasteiger charge is -2.12. The average Bonchev–Trinajstić information content (AvgIpc) is 2.16. The topological polar surface area (TPSA) is 58.4 Å². The molecule has 0 bridgehead atoms. The first kappa shape index (κ1) is 12.5. The largest absolute Gasteiger partial charge is 0.398 e. The summed E-state index contributed by atoms with van der Waals surface area (Å²) in [6, 6.07) is 5.48. The number of carbonyl (C=O) groups excluding carboxylic acids is 1. The highest BCUT2D eigenvalue weighted by Gasteiger charge is 2.11. The molecule has 3 N–H and O–H groups in total. The van der Waals surface area contributed by atoms with Crippen LogP contribution in [0, 0.1) is 6.92 Å². The summed E-state index contributed by atoms with van der Waals surface area (Å²) in [4.78, 5) is 13.9. The molecule has 16 heavy (non-hydrogen) atoms. The Hall–Kier alpha value is -1.55. The number of hydrogen-bond donors (Lipinski definition) is 2. The van der Waals surface area contributed by atoms with E-state index in [0.717, 1.165) is 12.1 Å². The number of nitrogens with one attached hydrogen (secondary N) is 1. The zero-order valence-electron chi connectivity index (χ0n) is 10.1. The van der Waals surface area contributed by atoms with Crippen molar-refractivity contribution >= 4 is 11.6 Å². The second kappa shape index (κ2) is 5.51. The molecule has 0 aliphatic heterocycles. The molecule has 0 unspecified atom stereocenters. The van der Waals surface area contributed by atoms with Crippen molar-refractivity contribution in [3.63, 3.8) is 0 Å². The van der Waals surface area contributed by atoms with Crippen LogP contribution in [0.5, 0.6) is 0 Å². The Morgan fingerprint density at radius 3 is 2.69 bits per heavy atom. The van der Waals surface area contributed by atoms with Gasteiger partial charge in [0.25, 0.3) is 5.91 Å². The molecule has 1 aromatic carbocycles. The number of nitrogens with two attached hydrogens (primary N) is 1. The number of anilines is 1. The van der Waals surface area contributed by atoms with Crippen molar-refractivity contribution in [2.75, 3.05) is 32.9 Å². The van der Waals surface area contributed by atoms with Gasteiger partial charge in [-0.25, -0.2) is 0 Å². The molecule has 1 rings (SSSR count). The third kappa shape index (κ3) is 3.24. The van der Waals surface area contributed by atoms with Gasteiger partial charge >= 0.3 is 0 Å². The SMILES string of the molecule is Cc1cccc(N)c1C(=O)NCCN(C)C. The summed E-state index contributed by atoms with van der Waals surface area (Å²) in [5, 5.41) is 2.85. The third-order valence-electron chi connectivity index (χ3n) is 2.38. The maximum Gasteiger partial charge on any atom is 0.253 e. The van der Waals surface area contributed by atoms with Gasteiger partial charge < -0.3 is 16.0 Å². The van der Waals surface area contributed by atoms with Crippen LogP contribution in [0.3, 0.4) is 0 Å². The molecule has 0 atom stereocenters. The molecular weight excluding hydrogens is 202 g/mol. The summed E-state index contributed by atoms with van der Waals surface area (Å²) >= 11 is 0. The van der Waals surface area contributed by atoms with Crippen molar-refractivity contribution in [1.82, 2.24) is 10.2 Å². The molecule has 1 amide bonds. The van der Waals surface area contributed by atoms with Gasteiger partial charge in [-0.2, -0.15) is 0 Å². The number of hydrogen-bond acceptors (Lipinski definition) is 3. The summed E-state index contributed by atoms with van der Waals surface area (Å²) in [5.74, 6) is -0.0996. The highest BCUT2D eigenvalue weighted by Crippen LogP contribution is 2.15. The van der Waals surface area contributed by atoms with Gasteiger partial charge in [0.2, 0.25) is 0 Å². The highest BCUT2D eigenvalue weighted by atomic mass is 16.1. The fourth-order valence-corrected chi connectivity index (χ4v) is 1.48. The van der Waals surface area contributed by atoms with Crippen LogP contribution >= 0.6 is 0 Å². The minimum absolute atomic E-state index is 0.0996. The van der Waals surface area contributed by atoms with Gasteiger partial charge in [-0.05, 0) is 32.6 Å². The summed E-state index contributed by atoms with van der Waals surface area (Å²) in [6.07, 6.45) is 0. The average molecular weight is 221 g/mol. The van der Waals surface area contributed by atoms with Crippen molar-refractivity contribution in [3.05, 3.63) is 29.3 Å². The van der Waals surface area contributed by atoms with Crippen molar-refractivity contribution in [2.45, 2.75) is 6.92 Å². The van der Waals surface area contributed by atoms with E-state index < -0.39 is 0 Å². The summed E-state index contributed by atoms with van der Waals surface area (Å²) < 4.78 is 0. The molecule has 0 aromatic heterocycles. The van der Waals surface area contributed by atoms with Crippen LogP contribution in [0.1, 0.15) is 15.9 Å². The van der Waals surface area contributed by atoms with Crippen LogP contribution in [0.2, 0.25) is 0 Å². The summed E-state index contributed by atoms with van der Waals surface area (Å²) in [7, 11) is 3.93. The number of benzene rings is 1. The third-order valence-corrected chi connectivity index (χ3v) is 2.38. The predicted molar refractivity (Wildman–Crippen MR) is 66.5 cm³/mol. The van der Waals surface area contributed by atoms with E-state index in [1.54, 1.807) is 6.07 Å². The first-order valence-electron chi connectivity index (χ1n) is 5.30. The lowest BCUT2D eigenvalue weighted by molar-refractivity contribution is 0.0951. The quantitative estimate of drug-likeness (QED) is 0.742. The number of aryl methyl sites for hydroxylation is 1. The maximum absolute atomic E-state index is 11.9. The fourth-order valence-electron chi connectivity index (χ4n) is 1.48. The predicted octanol–water partition coefficient (Wildman–Crippen LogP) is 0.869. The summed E-state index contributed by atoms with van der Waals surface area (Å²) in [5.41, 5.74) is 7.80. The molecule has 4 heteroatoms. The Balaban J connectivity index is 2.66. The van der Waals surface area contributed by atoms with E-state index in [1.165, 1.54) is 0 Å². The van der Waals surface area contributed by atoms with E-state index in [0.29, 0.717) is 17.8 Å². The normalized spacial score (nSPS) is 10.5. The van der Waals surface area contributed by atoms with Gasteiger partial charge in [0, 0.05) is 18.8 Å². The molecule has 0 aliphatic rings. The molecule has 0 aliphatic carbocycles. The minimum Gasteiger partial charge on any atom is -0.398 e. The van der Waals surface area contributed by atoms with Gasteiger partial charge in [-0.15, -0.1) is 0 Å². The van der Waals surface area contributed by atoms with Gasteiger partial charge in [0.05, 0.1) is 5.56 Å². The van der Waals surface area contributed by atoms with Crippen LogP contribution in [0.4, 0.5) is 5.69 Å². The summed E-state index contributed by atoms with van der Waals surface area (Å²) in [6.45, 7) is 3.33. The van der Waals surface area contributed by atoms with E-state index in [-0.39, 0.29) is 5.91 Å². The number of likely N-dealkylation sites (N-methyl/N-ethyl adjacent to an activating group) is 1. The molecular formula is C12H19N3O. The van der Waals surface area contributed by atoms with E-state index in [2.05, 4.69) is 5.32 Å². The molecule has 4 nitrogen and oxygen atoms in total. The number of carbonyl (C=O) groups is 1. The Labute approximate surface area is 96.4 Å². The van der Waals surface area contributed by atoms with Crippen LogP contribution in [-0.4, -0.2) is 38.0 Å². The lowest BCUT2D eigenvalue weighted by Crippen LogP contribution is -2.32. The first-order valence-corrected chi connectivity index (χ1v) is 5.30. The molecule has 0 saturated carbocycles. The Bertz CT molecular complexity index is 354. The van der Waals surface area contributed by atoms with E-state index in [9.17, 15) is 4.79 Å². The van der Waals surface area contributed by atoms with Crippen molar-refractivity contribution < 1.29 is 4.79 Å². The lowest BCUT2D eigenvalue weighted by atomic mass is 10.1. The number of amides is 1. The Morgan fingerprint density at radius 2 is 2.12 bits per heavy atom. The number of nitrogen functional groups attached to an aromatic ring is 1. The van der Waals surface area contributed by atoms with E-state index in [4.69, 9.17) is 5.73 Å². The Kier molecular flexibility index (Phi) is 4.31. The van der Waals surface area contributed by atoms with Crippen LogP contribution in [-0.2, 0) is 0 Å². The van der Waals surface area contributed by atoms with E-state index >= 15 is 0 Å². The number of rotatable bonds is 4. The fraction of sp³-hybridized carbons (Fsp3) is 0.417. The second-order valence-corrected chi connectivity index (χ2v) is 4.10. The molecule has 0 heterocycles. The smallest absolute Gasteiger partial charge is 0.253 e. The van der Waals surface area contributed by atoms with Gasteiger partial charge in [-0.3, -0.25) is 4.79 Å². The maximum atomic E-state index is 11.9. The molecule has 0 radical (unpaired) electrons. The Morgan fingerprint density at radius 1 is 1.44 bits per heavy atom. The zero-order chi connectivity index (χ0) is 12.1. The molecule has 0 saturated heterocycles. The molecule has 0 spiro atoms. The van der Waals surface area contributed by atoms with Gasteiger partial charge in [0.15, 0.2) is 0 Å². The van der Waals surface area contributed by atoms with Crippen molar-refractivity contribution in [1.29, 1.82) is 0 Å². The standard InChI is InChI=1S/C12H19N3O/c1-9-5-4-6-10(13)11(9)12(16)14-7-8-15(2)3/h4-6H,7-8,13H2,1-3H3,(H,14,16). The molecule has 0 fully saturated rings. The van der Waals surface area contributed by atoms with Crippen LogP contribution < -0.4 is 11.1 Å². The van der Waals surface area contributed by atoms with Crippen LogP contribution in [0.15, 0.2) is 18.2 Å². The minimum atomic E-state index is -0.0996. The second-order valence-electron chi connectivity index (χ2n) is 4.10. The number of nitrogens with zero attached hydrogens (tertiary/aromatic N) is 1. The van der Waals surface area contributed by atoms with Gasteiger partial charge in [0.1, 0.15) is 0 Å². The monoisotopic (exact) mass is 221 g/mol. The van der Waals surface area contributed by atoms with Crippen molar-refractivity contribution in [2.24, 2.45) is 0 Å². The zero-order valence-corrected chi connectivity index (χ0v) is 10.1. The first-order chi connectivity index (χ1) is 7.52.